The third-order valence-electron chi connectivity index (χ3n) is 6.07. The van der Waals surface area contributed by atoms with Crippen LogP contribution in [0.4, 0.5) is 4.79 Å². The van der Waals surface area contributed by atoms with Crippen molar-refractivity contribution < 1.29 is 14.4 Å². The quantitative estimate of drug-likeness (QED) is 0.394. The summed E-state index contributed by atoms with van der Waals surface area (Å²) in [5.74, 6) is -1.02. The highest BCUT2D eigenvalue weighted by Crippen LogP contribution is 2.24. The van der Waals surface area contributed by atoms with E-state index in [1.54, 1.807) is 11.6 Å². The van der Waals surface area contributed by atoms with Crippen molar-refractivity contribution >= 4 is 17.8 Å². The summed E-state index contributed by atoms with van der Waals surface area (Å²) in [6, 6.07) is 27.6. The summed E-state index contributed by atoms with van der Waals surface area (Å²) in [5, 5.41) is 7.79. The Kier molecular flexibility index (Phi) is 6.03. The number of urea groups is 1. The summed E-state index contributed by atoms with van der Waals surface area (Å²) >= 11 is 0. The fourth-order valence-corrected chi connectivity index (χ4v) is 4.08. The maximum atomic E-state index is 13.1. The molecule has 1 fully saturated rings. The monoisotopic (exact) mass is 480 g/mol. The molecule has 1 atom stereocenters. The highest BCUT2D eigenvalue weighted by atomic mass is 16.2. The standard InChI is InChI=1S/C27H24N6O3/c1-27(18-17-19-11-5-2-6-12-19)25(35)33(26(36)29-27)31-24(34)22-28-23(20-13-7-3-8-14-20)32(30-22)21-15-9-4-10-16-21/h2-16H,17-18H2,1H3,(H,29,36)(H,31,34)/t27-/m1/s1. The minimum atomic E-state index is -1.15. The van der Waals surface area contributed by atoms with E-state index < -0.39 is 23.4 Å². The third-order valence-corrected chi connectivity index (χ3v) is 6.07. The lowest BCUT2D eigenvalue weighted by Gasteiger charge is -2.21. The van der Waals surface area contributed by atoms with E-state index in [9.17, 15) is 14.4 Å². The van der Waals surface area contributed by atoms with Gasteiger partial charge in [0.1, 0.15) is 5.54 Å². The Balaban J connectivity index is 1.37. The predicted molar refractivity (Wildman–Crippen MR) is 133 cm³/mol. The summed E-state index contributed by atoms with van der Waals surface area (Å²) in [6.07, 6.45) is 0.974. The van der Waals surface area contributed by atoms with Crippen molar-refractivity contribution in [3.05, 3.63) is 102 Å². The highest BCUT2D eigenvalue weighted by molar-refractivity contribution is 6.08. The Labute approximate surface area is 207 Å². The van der Waals surface area contributed by atoms with Crippen LogP contribution in [0.2, 0.25) is 0 Å². The summed E-state index contributed by atoms with van der Waals surface area (Å²) in [6.45, 7) is 1.65. The lowest BCUT2D eigenvalue weighted by Crippen LogP contribution is -2.49. The molecule has 5 rings (SSSR count). The molecule has 0 radical (unpaired) electrons. The molecular weight excluding hydrogens is 456 g/mol. The van der Waals surface area contributed by atoms with Crippen LogP contribution in [0.3, 0.4) is 0 Å². The van der Waals surface area contributed by atoms with Crippen LogP contribution in [0.25, 0.3) is 17.1 Å². The first kappa shape index (κ1) is 23.0. The summed E-state index contributed by atoms with van der Waals surface area (Å²) < 4.78 is 1.56. The largest absolute Gasteiger partial charge is 0.344 e. The van der Waals surface area contributed by atoms with Crippen LogP contribution in [-0.2, 0) is 11.2 Å². The van der Waals surface area contributed by atoms with Crippen LogP contribution in [0.1, 0.15) is 29.5 Å². The minimum Gasteiger partial charge on any atom is -0.322 e. The summed E-state index contributed by atoms with van der Waals surface area (Å²) in [7, 11) is 0. The van der Waals surface area contributed by atoms with E-state index in [0.29, 0.717) is 29.4 Å². The first-order valence-corrected chi connectivity index (χ1v) is 11.5. The predicted octanol–water partition coefficient (Wildman–Crippen LogP) is 3.52. The van der Waals surface area contributed by atoms with Crippen LogP contribution in [0, 0.1) is 0 Å². The number of amides is 4. The minimum absolute atomic E-state index is 0.170. The molecular formula is C27H24N6O3. The number of nitrogens with one attached hydrogen (secondary N) is 2. The van der Waals surface area contributed by atoms with Crippen molar-refractivity contribution in [3.63, 3.8) is 0 Å². The van der Waals surface area contributed by atoms with Gasteiger partial charge in [0.25, 0.3) is 5.91 Å². The second-order valence-corrected chi connectivity index (χ2v) is 8.70. The summed E-state index contributed by atoms with van der Waals surface area (Å²) in [5.41, 5.74) is 3.76. The van der Waals surface area contributed by atoms with E-state index in [1.165, 1.54) is 0 Å². The molecule has 0 unspecified atom stereocenters. The molecule has 4 aromatic rings. The maximum Gasteiger partial charge on any atom is 0.344 e. The van der Waals surface area contributed by atoms with Gasteiger partial charge >= 0.3 is 11.9 Å². The normalized spacial score (nSPS) is 17.2. The number of aromatic nitrogens is 3. The molecule has 36 heavy (non-hydrogen) atoms. The van der Waals surface area contributed by atoms with E-state index in [0.717, 1.165) is 11.1 Å². The smallest absolute Gasteiger partial charge is 0.322 e. The average Bonchev–Trinajstić information content (AvgIpc) is 3.45. The van der Waals surface area contributed by atoms with Gasteiger partial charge in [-0.2, -0.15) is 5.01 Å². The molecule has 3 aromatic carbocycles. The van der Waals surface area contributed by atoms with Gasteiger partial charge in [0.15, 0.2) is 5.82 Å². The van der Waals surface area contributed by atoms with Gasteiger partial charge in [0, 0.05) is 5.56 Å². The molecule has 0 aliphatic carbocycles. The number of carbonyl (C=O) groups is 3. The molecule has 1 aliphatic heterocycles. The number of carbonyl (C=O) groups excluding carboxylic acids is 3. The molecule has 0 spiro atoms. The Morgan fingerprint density at radius 2 is 1.53 bits per heavy atom. The van der Waals surface area contributed by atoms with Gasteiger partial charge < -0.3 is 5.32 Å². The van der Waals surface area contributed by atoms with E-state index in [1.807, 2.05) is 91.0 Å². The number of aryl methyl sites for hydroxylation is 1. The zero-order chi connectivity index (χ0) is 25.1. The Morgan fingerprint density at radius 3 is 2.19 bits per heavy atom. The van der Waals surface area contributed by atoms with Crippen molar-refractivity contribution in [1.29, 1.82) is 0 Å². The van der Waals surface area contributed by atoms with Crippen LogP contribution >= 0.6 is 0 Å². The number of rotatable bonds is 7. The first-order chi connectivity index (χ1) is 17.4. The number of hydrazine groups is 1. The van der Waals surface area contributed by atoms with Crippen LogP contribution in [0.15, 0.2) is 91.0 Å². The van der Waals surface area contributed by atoms with Crippen molar-refractivity contribution in [1.82, 2.24) is 30.5 Å². The van der Waals surface area contributed by atoms with Gasteiger partial charge in [-0.25, -0.2) is 19.9 Å². The molecule has 1 saturated heterocycles. The van der Waals surface area contributed by atoms with Gasteiger partial charge in [-0.15, -0.1) is 5.10 Å². The number of benzene rings is 3. The van der Waals surface area contributed by atoms with Crippen LogP contribution in [0.5, 0.6) is 0 Å². The topological polar surface area (TPSA) is 109 Å². The molecule has 1 aliphatic rings. The van der Waals surface area contributed by atoms with Gasteiger partial charge in [-0.3, -0.25) is 9.59 Å². The Morgan fingerprint density at radius 1 is 0.917 bits per heavy atom. The number of hydrogen-bond donors (Lipinski definition) is 2. The molecule has 9 heteroatoms. The average molecular weight is 481 g/mol. The van der Waals surface area contributed by atoms with E-state index >= 15 is 0 Å². The van der Waals surface area contributed by atoms with Crippen molar-refractivity contribution in [2.75, 3.05) is 0 Å². The Bertz CT molecular complexity index is 1350. The fraction of sp³-hybridized carbons (Fsp3) is 0.148. The molecule has 4 amide bonds. The van der Waals surface area contributed by atoms with Gasteiger partial charge in [-0.05, 0) is 37.5 Å². The van der Waals surface area contributed by atoms with E-state index in [4.69, 9.17) is 0 Å². The summed E-state index contributed by atoms with van der Waals surface area (Å²) in [4.78, 5) is 43.3. The van der Waals surface area contributed by atoms with Crippen molar-refractivity contribution in [2.24, 2.45) is 0 Å². The first-order valence-electron chi connectivity index (χ1n) is 11.5. The van der Waals surface area contributed by atoms with Crippen LogP contribution < -0.4 is 10.7 Å². The number of hydrogen-bond acceptors (Lipinski definition) is 5. The lowest BCUT2D eigenvalue weighted by atomic mass is 9.93. The zero-order valence-corrected chi connectivity index (χ0v) is 19.6. The molecule has 9 nitrogen and oxygen atoms in total. The highest BCUT2D eigenvalue weighted by Gasteiger charge is 2.48. The molecule has 2 N–H and O–H groups in total. The van der Waals surface area contributed by atoms with Gasteiger partial charge in [0.05, 0.1) is 5.69 Å². The van der Waals surface area contributed by atoms with Gasteiger partial charge in [0.2, 0.25) is 5.82 Å². The molecule has 0 bridgehead atoms. The number of nitrogens with zero attached hydrogens (tertiary/aromatic N) is 4. The molecule has 2 heterocycles. The number of para-hydroxylation sites is 1. The SMILES string of the molecule is C[C@]1(CCc2ccccc2)NC(=O)N(NC(=O)c2nc(-c3ccccc3)n(-c3ccccc3)n2)C1=O. The molecule has 1 aromatic heterocycles. The van der Waals surface area contributed by atoms with Crippen LogP contribution in [-0.4, -0.2) is 43.2 Å². The maximum absolute atomic E-state index is 13.1. The second-order valence-electron chi connectivity index (χ2n) is 8.70. The van der Waals surface area contributed by atoms with Gasteiger partial charge in [-0.1, -0.05) is 78.9 Å². The van der Waals surface area contributed by atoms with Crippen molar-refractivity contribution in [3.8, 4) is 17.1 Å². The Hall–Kier alpha value is -4.79. The number of imide groups is 1. The van der Waals surface area contributed by atoms with E-state index in [-0.39, 0.29) is 5.82 Å². The second kappa shape index (κ2) is 9.46. The molecule has 0 saturated carbocycles. The third kappa shape index (κ3) is 4.46. The zero-order valence-electron chi connectivity index (χ0n) is 19.6. The molecule has 180 valence electrons. The fourth-order valence-electron chi connectivity index (χ4n) is 4.08. The van der Waals surface area contributed by atoms with Crippen molar-refractivity contribution in [2.45, 2.75) is 25.3 Å². The van der Waals surface area contributed by atoms with E-state index in [2.05, 4.69) is 20.8 Å². The lowest BCUT2D eigenvalue weighted by molar-refractivity contribution is -0.132.